The summed E-state index contributed by atoms with van der Waals surface area (Å²) in [4.78, 5) is 5.94. The van der Waals surface area contributed by atoms with Gasteiger partial charge in [-0.2, -0.15) is 13.2 Å². The minimum absolute atomic E-state index is 0. The van der Waals surface area contributed by atoms with Gasteiger partial charge >= 0.3 is 12.1 Å². The van der Waals surface area contributed by atoms with E-state index in [-0.39, 0.29) is 30.0 Å². The summed E-state index contributed by atoms with van der Waals surface area (Å²) in [7, 11) is 0. The number of rotatable bonds is 1. The molecule has 0 aliphatic heterocycles. The lowest BCUT2D eigenvalue weighted by Gasteiger charge is -2.05. The minimum atomic E-state index is -4.42. The summed E-state index contributed by atoms with van der Waals surface area (Å²) in [5.74, 6) is -0.387. The monoisotopic (exact) mass is 281 g/mol. The van der Waals surface area contributed by atoms with E-state index in [9.17, 15) is 13.2 Å². The molecule has 1 aromatic carbocycles. The van der Waals surface area contributed by atoms with Gasteiger partial charge in [-0.15, -0.1) is 4.99 Å². The first-order valence-electron chi connectivity index (χ1n) is 4.45. The molecule has 0 aromatic heterocycles. The number of nitrogens with zero attached hydrogens (tertiary/aromatic N) is 1. The van der Waals surface area contributed by atoms with E-state index in [2.05, 4.69) is 9.98 Å². The van der Waals surface area contributed by atoms with E-state index < -0.39 is 11.7 Å². The first kappa shape index (κ1) is 16.0. The van der Waals surface area contributed by atoms with E-state index in [0.29, 0.717) is 0 Å². The Morgan fingerprint density at radius 2 is 1.78 bits per heavy atom. The molecule has 18 heavy (non-hydrogen) atoms. The molecule has 0 heterocycles. The largest absolute Gasteiger partial charge is 1.00 e. The van der Waals surface area contributed by atoms with Crippen LogP contribution in [-0.2, 0) is 6.18 Å². The van der Waals surface area contributed by atoms with Gasteiger partial charge in [-0.1, -0.05) is 6.07 Å². The maximum absolute atomic E-state index is 12.4. The Morgan fingerprint density at radius 3 is 2.28 bits per heavy atom. The predicted molar refractivity (Wildman–Crippen MR) is 57.1 cm³/mol. The van der Waals surface area contributed by atoms with Gasteiger partial charge in [0.2, 0.25) is 0 Å². The van der Waals surface area contributed by atoms with Gasteiger partial charge in [0.05, 0.1) is 5.56 Å². The van der Waals surface area contributed by atoms with Crippen LogP contribution in [0.2, 0.25) is 0 Å². The predicted octanol–water partition coefficient (Wildman–Crippen LogP) is -3.99. The highest BCUT2D eigenvalue weighted by molar-refractivity contribution is 5.79. The quantitative estimate of drug-likeness (QED) is 0.312. The molecule has 7 N–H and O–H groups in total. The SMILES string of the molecule is NC(=Nc1cccc(C(F)(F)F)c1)[NH+]=C(N)N.[Cl-]. The van der Waals surface area contributed by atoms with E-state index in [1.807, 2.05) is 0 Å². The third kappa shape index (κ3) is 4.91. The van der Waals surface area contributed by atoms with Crippen LogP contribution in [0.15, 0.2) is 29.3 Å². The van der Waals surface area contributed by atoms with Crippen molar-refractivity contribution in [2.45, 2.75) is 6.18 Å². The summed E-state index contributed by atoms with van der Waals surface area (Å²) in [5, 5.41) is 0. The summed E-state index contributed by atoms with van der Waals surface area (Å²) in [6, 6.07) is 4.40. The molecular weight excluding hydrogens is 271 g/mol. The van der Waals surface area contributed by atoms with Crippen LogP contribution in [0.3, 0.4) is 0 Å². The third-order valence-electron chi connectivity index (χ3n) is 1.70. The molecule has 0 atom stereocenters. The molecule has 5 nitrogen and oxygen atoms in total. The Kier molecular flexibility index (Phi) is 5.44. The molecule has 1 aromatic rings. The van der Waals surface area contributed by atoms with E-state index in [1.54, 1.807) is 0 Å². The fraction of sp³-hybridized carbons (Fsp3) is 0.111. The molecule has 0 aliphatic carbocycles. The number of alkyl halides is 3. The summed E-state index contributed by atoms with van der Waals surface area (Å²) >= 11 is 0. The first-order chi connectivity index (χ1) is 7.79. The highest BCUT2D eigenvalue weighted by Gasteiger charge is 2.30. The molecule has 0 spiro atoms. The van der Waals surface area contributed by atoms with Gasteiger partial charge in [-0.25, -0.2) is 4.99 Å². The van der Waals surface area contributed by atoms with E-state index >= 15 is 0 Å². The number of halogens is 4. The van der Waals surface area contributed by atoms with Gasteiger partial charge in [0.1, 0.15) is 5.69 Å². The van der Waals surface area contributed by atoms with Crippen molar-refractivity contribution < 1.29 is 30.6 Å². The molecule has 0 saturated carbocycles. The van der Waals surface area contributed by atoms with Gasteiger partial charge in [-0.3, -0.25) is 0 Å². The molecule has 0 amide bonds. The molecule has 9 heteroatoms. The average Bonchev–Trinajstić information content (AvgIpc) is 2.15. The molecule has 0 unspecified atom stereocenters. The lowest BCUT2D eigenvalue weighted by Crippen LogP contribution is -3.00. The second kappa shape index (κ2) is 6.10. The van der Waals surface area contributed by atoms with Crippen molar-refractivity contribution in [2.24, 2.45) is 22.2 Å². The minimum Gasteiger partial charge on any atom is -1.00 e. The summed E-state index contributed by atoms with van der Waals surface area (Å²) in [6.07, 6.45) is -4.42. The Balaban J connectivity index is 0.00000289. The van der Waals surface area contributed by atoms with E-state index in [4.69, 9.17) is 17.2 Å². The number of nitrogens with one attached hydrogen (secondary N) is 1. The molecule has 100 valence electrons. The lowest BCUT2D eigenvalue weighted by atomic mass is 10.2. The van der Waals surface area contributed by atoms with Gasteiger partial charge in [0, 0.05) is 0 Å². The number of aliphatic imine (C=N–C) groups is 1. The molecule has 0 aliphatic rings. The van der Waals surface area contributed by atoms with Gasteiger partial charge in [0.15, 0.2) is 0 Å². The maximum Gasteiger partial charge on any atom is 0.416 e. The second-order valence-electron chi connectivity index (χ2n) is 3.13. The first-order valence-corrected chi connectivity index (χ1v) is 4.45. The van der Waals surface area contributed by atoms with Crippen LogP contribution in [0.5, 0.6) is 0 Å². The van der Waals surface area contributed by atoms with Crippen LogP contribution < -0.4 is 34.6 Å². The summed E-state index contributed by atoms with van der Waals surface area (Å²) in [5.41, 5.74) is 14.8. The van der Waals surface area contributed by atoms with Crippen molar-refractivity contribution in [3.63, 3.8) is 0 Å². The third-order valence-corrected chi connectivity index (χ3v) is 1.70. The fourth-order valence-electron chi connectivity index (χ4n) is 1.07. The average molecular weight is 282 g/mol. The van der Waals surface area contributed by atoms with Crippen LogP contribution in [-0.4, -0.2) is 11.9 Å². The second-order valence-corrected chi connectivity index (χ2v) is 3.13. The summed E-state index contributed by atoms with van der Waals surface area (Å²) < 4.78 is 37.1. The number of hydrogen-bond acceptors (Lipinski definition) is 1. The van der Waals surface area contributed by atoms with E-state index in [1.165, 1.54) is 12.1 Å². The van der Waals surface area contributed by atoms with Crippen LogP contribution in [0.25, 0.3) is 0 Å². The fourth-order valence-corrected chi connectivity index (χ4v) is 1.07. The number of nitrogens with two attached hydrogens (primary N) is 3. The van der Waals surface area contributed by atoms with Crippen LogP contribution in [0.4, 0.5) is 18.9 Å². The van der Waals surface area contributed by atoms with Crippen LogP contribution in [0, 0.1) is 0 Å². The molecule has 0 bridgehead atoms. The zero-order chi connectivity index (χ0) is 13.1. The highest BCUT2D eigenvalue weighted by atomic mass is 35.5. The molecule has 0 fully saturated rings. The van der Waals surface area contributed by atoms with Crippen LogP contribution >= 0.6 is 0 Å². The molecular formula is C9H11ClF3N5. The zero-order valence-corrected chi connectivity index (χ0v) is 9.76. The Bertz CT molecular complexity index is 466. The van der Waals surface area contributed by atoms with Crippen molar-refractivity contribution in [3.05, 3.63) is 29.8 Å². The van der Waals surface area contributed by atoms with Crippen molar-refractivity contribution in [1.29, 1.82) is 0 Å². The Labute approximate surface area is 107 Å². The van der Waals surface area contributed by atoms with Gasteiger partial charge in [-0.05, 0) is 18.2 Å². The maximum atomic E-state index is 12.4. The number of hydrogen-bond donors (Lipinski definition) is 4. The topological polar surface area (TPSA) is 104 Å². The molecule has 0 radical (unpaired) electrons. The van der Waals surface area contributed by atoms with Crippen molar-refractivity contribution in [3.8, 4) is 0 Å². The molecule has 1 rings (SSSR count). The number of guanidine groups is 2. The van der Waals surface area contributed by atoms with Crippen LogP contribution in [0.1, 0.15) is 5.56 Å². The van der Waals surface area contributed by atoms with Gasteiger partial charge < -0.3 is 29.6 Å². The smallest absolute Gasteiger partial charge is 0.416 e. The molecule has 0 saturated heterocycles. The van der Waals surface area contributed by atoms with E-state index in [0.717, 1.165) is 12.1 Å². The Morgan fingerprint density at radius 1 is 1.17 bits per heavy atom. The Hall–Kier alpha value is -1.96. The lowest BCUT2D eigenvalue weighted by molar-refractivity contribution is -0.320. The normalized spacial score (nSPS) is 11.6. The number of benzene rings is 1. The van der Waals surface area contributed by atoms with Crippen molar-refractivity contribution in [2.75, 3.05) is 0 Å². The van der Waals surface area contributed by atoms with Gasteiger partial charge in [0.25, 0.3) is 5.96 Å². The summed E-state index contributed by atoms with van der Waals surface area (Å²) in [6.45, 7) is 0. The standard InChI is InChI=1S/C9H10F3N5.ClH/c10-9(11,12)5-2-1-3-6(4-5)16-8(15)17-7(13)14;/h1-4H,(H6,13,14,15,16,17);1H. The van der Waals surface area contributed by atoms with Crippen molar-refractivity contribution in [1.82, 2.24) is 0 Å². The van der Waals surface area contributed by atoms with Crippen molar-refractivity contribution >= 4 is 17.6 Å². The zero-order valence-electron chi connectivity index (χ0n) is 9.00. The highest BCUT2D eigenvalue weighted by Crippen LogP contribution is 2.31.